The van der Waals surface area contributed by atoms with Crippen LogP contribution in [-0.4, -0.2) is 33.2 Å². The molecular weight excluding hydrogens is 397 g/mol. The SMILES string of the molecule is O=C(Cc1c(Cl)cncc1Cl)c1ccc(O)c2c1OC1(CCSCC1)O2. The third-order valence-electron chi connectivity index (χ3n) is 4.51. The van der Waals surface area contributed by atoms with Crippen molar-refractivity contribution in [1.29, 1.82) is 0 Å². The molecule has 1 fully saturated rings. The number of ketones is 1. The maximum atomic E-state index is 12.9. The number of carbonyl (C=O) groups excluding carboxylic acids is 1. The molecule has 1 N–H and O–H groups in total. The Kier molecular flexibility index (Phi) is 4.67. The molecule has 0 unspecified atom stereocenters. The molecule has 8 heteroatoms. The van der Waals surface area contributed by atoms with Gasteiger partial charge in [-0.2, -0.15) is 11.8 Å². The van der Waals surface area contributed by atoms with Crippen molar-refractivity contribution in [2.45, 2.75) is 25.0 Å². The number of hydrogen-bond donors (Lipinski definition) is 1. The fourth-order valence-electron chi connectivity index (χ4n) is 3.11. The average Bonchev–Trinajstić information content (AvgIpc) is 2.98. The molecule has 0 saturated carbocycles. The van der Waals surface area contributed by atoms with E-state index >= 15 is 0 Å². The Labute approximate surface area is 164 Å². The summed E-state index contributed by atoms with van der Waals surface area (Å²) in [5.74, 6) is 1.28. The zero-order valence-corrected chi connectivity index (χ0v) is 16.0. The normalized spacial score (nSPS) is 17.5. The van der Waals surface area contributed by atoms with Crippen LogP contribution in [0.4, 0.5) is 0 Å². The first kappa shape index (κ1) is 17.8. The number of pyridine rings is 1. The maximum Gasteiger partial charge on any atom is 0.253 e. The predicted octanol–water partition coefficient (Wildman–Crippen LogP) is 4.51. The minimum absolute atomic E-state index is 0.00359. The lowest BCUT2D eigenvalue weighted by Crippen LogP contribution is -2.42. The van der Waals surface area contributed by atoms with Gasteiger partial charge in [-0.05, 0) is 12.1 Å². The Morgan fingerprint density at radius 1 is 1.15 bits per heavy atom. The van der Waals surface area contributed by atoms with Gasteiger partial charge in [-0.15, -0.1) is 0 Å². The molecule has 0 radical (unpaired) electrons. The van der Waals surface area contributed by atoms with Crippen molar-refractivity contribution >= 4 is 40.7 Å². The van der Waals surface area contributed by atoms with Crippen LogP contribution in [0.3, 0.4) is 0 Å². The van der Waals surface area contributed by atoms with Gasteiger partial charge in [-0.1, -0.05) is 23.2 Å². The minimum atomic E-state index is -0.798. The molecule has 0 atom stereocenters. The number of aromatic hydroxyl groups is 1. The van der Waals surface area contributed by atoms with E-state index in [0.717, 1.165) is 11.5 Å². The predicted molar refractivity (Wildman–Crippen MR) is 101 cm³/mol. The number of halogens is 2. The van der Waals surface area contributed by atoms with E-state index in [1.165, 1.54) is 18.5 Å². The first-order chi connectivity index (χ1) is 12.5. The van der Waals surface area contributed by atoms with E-state index in [4.69, 9.17) is 32.7 Å². The van der Waals surface area contributed by atoms with Crippen molar-refractivity contribution in [3.63, 3.8) is 0 Å². The Balaban J connectivity index is 1.67. The Morgan fingerprint density at radius 3 is 2.50 bits per heavy atom. The second-order valence-electron chi connectivity index (χ2n) is 6.20. The van der Waals surface area contributed by atoms with Crippen LogP contribution in [0.25, 0.3) is 0 Å². The lowest BCUT2D eigenvalue weighted by Gasteiger charge is -2.31. The Hall–Kier alpha value is -1.63. The molecule has 26 heavy (non-hydrogen) atoms. The van der Waals surface area contributed by atoms with E-state index < -0.39 is 5.79 Å². The standard InChI is InChI=1S/C18H15Cl2NO4S/c19-12-8-21-9-13(20)11(12)7-15(23)10-1-2-14(22)17-16(10)24-18(25-17)3-5-26-6-4-18/h1-2,8-9,22H,3-7H2. The van der Waals surface area contributed by atoms with E-state index in [1.807, 2.05) is 11.8 Å². The van der Waals surface area contributed by atoms with Crippen molar-refractivity contribution in [3.8, 4) is 17.2 Å². The number of aromatic nitrogens is 1. The van der Waals surface area contributed by atoms with Crippen molar-refractivity contribution in [1.82, 2.24) is 4.98 Å². The number of phenols is 1. The highest BCUT2D eigenvalue weighted by atomic mass is 35.5. The summed E-state index contributed by atoms with van der Waals surface area (Å²) in [6.07, 6.45) is 4.30. The number of fused-ring (bicyclic) bond motifs is 1. The van der Waals surface area contributed by atoms with Crippen LogP contribution >= 0.6 is 35.0 Å². The number of hydrogen-bond acceptors (Lipinski definition) is 6. The maximum absolute atomic E-state index is 12.9. The number of thioether (sulfide) groups is 1. The fraction of sp³-hybridized carbons (Fsp3) is 0.333. The highest BCUT2D eigenvalue weighted by Gasteiger charge is 2.45. The van der Waals surface area contributed by atoms with Gasteiger partial charge in [0, 0.05) is 48.7 Å². The zero-order chi connectivity index (χ0) is 18.3. The Bertz CT molecular complexity index is 863. The molecule has 1 aromatic heterocycles. The highest BCUT2D eigenvalue weighted by molar-refractivity contribution is 7.99. The number of phenolic OH excluding ortho intramolecular Hbond substituents is 1. The van der Waals surface area contributed by atoms with Crippen LogP contribution < -0.4 is 9.47 Å². The monoisotopic (exact) mass is 411 g/mol. The van der Waals surface area contributed by atoms with Crippen molar-refractivity contribution < 1.29 is 19.4 Å². The van der Waals surface area contributed by atoms with Gasteiger partial charge in [-0.3, -0.25) is 9.78 Å². The molecule has 0 bridgehead atoms. The van der Waals surface area contributed by atoms with Crippen LogP contribution in [0.5, 0.6) is 17.2 Å². The first-order valence-corrected chi connectivity index (χ1v) is 10.0. The van der Waals surface area contributed by atoms with Gasteiger partial charge in [0.05, 0.1) is 15.6 Å². The molecule has 3 heterocycles. The van der Waals surface area contributed by atoms with Crippen molar-refractivity contribution in [2.75, 3.05) is 11.5 Å². The van der Waals surface area contributed by atoms with E-state index in [0.29, 0.717) is 39.8 Å². The molecule has 0 amide bonds. The van der Waals surface area contributed by atoms with Gasteiger partial charge in [0.1, 0.15) is 0 Å². The molecule has 4 rings (SSSR count). The summed E-state index contributed by atoms with van der Waals surface area (Å²) >= 11 is 14.1. The zero-order valence-electron chi connectivity index (χ0n) is 13.6. The van der Waals surface area contributed by atoms with Gasteiger partial charge in [-0.25, -0.2) is 0 Å². The summed E-state index contributed by atoms with van der Waals surface area (Å²) < 4.78 is 12.0. The summed E-state index contributed by atoms with van der Waals surface area (Å²) in [6.45, 7) is 0. The first-order valence-electron chi connectivity index (χ1n) is 8.12. The fourth-order valence-corrected chi connectivity index (χ4v) is 4.73. The van der Waals surface area contributed by atoms with Gasteiger partial charge < -0.3 is 14.6 Å². The highest BCUT2D eigenvalue weighted by Crippen LogP contribution is 2.51. The second kappa shape index (κ2) is 6.83. The minimum Gasteiger partial charge on any atom is -0.504 e. The van der Waals surface area contributed by atoms with E-state index in [2.05, 4.69) is 4.98 Å². The summed E-state index contributed by atoms with van der Waals surface area (Å²) in [5.41, 5.74) is 0.856. The Morgan fingerprint density at radius 2 is 1.81 bits per heavy atom. The largest absolute Gasteiger partial charge is 0.504 e. The van der Waals surface area contributed by atoms with Gasteiger partial charge >= 0.3 is 0 Å². The number of nitrogens with zero attached hydrogens (tertiary/aromatic N) is 1. The second-order valence-corrected chi connectivity index (χ2v) is 8.24. The molecule has 1 aromatic carbocycles. The molecule has 2 aliphatic heterocycles. The smallest absolute Gasteiger partial charge is 0.253 e. The molecule has 1 spiro atoms. The van der Waals surface area contributed by atoms with Crippen LogP contribution in [0.15, 0.2) is 24.5 Å². The molecular formula is C18H15Cl2NO4S. The summed E-state index contributed by atoms with van der Waals surface area (Å²) in [6, 6.07) is 2.99. The molecule has 2 aliphatic rings. The topological polar surface area (TPSA) is 68.7 Å². The van der Waals surface area contributed by atoms with Gasteiger partial charge in [0.25, 0.3) is 5.79 Å². The third kappa shape index (κ3) is 3.10. The number of ether oxygens (including phenoxy) is 2. The van der Waals surface area contributed by atoms with Crippen molar-refractivity contribution in [3.05, 3.63) is 45.7 Å². The molecule has 0 aliphatic carbocycles. The lowest BCUT2D eigenvalue weighted by molar-refractivity contribution is -0.0852. The number of benzene rings is 1. The number of Topliss-reactive ketones (excluding diaryl/α,β-unsaturated/α-hetero) is 1. The molecule has 136 valence electrons. The van der Waals surface area contributed by atoms with E-state index in [1.54, 1.807) is 6.07 Å². The molecule has 2 aromatic rings. The van der Waals surface area contributed by atoms with Gasteiger partial charge in [0.2, 0.25) is 5.75 Å². The van der Waals surface area contributed by atoms with Crippen LogP contribution in [-0.2, 0) is 6.42 Å². The van der Waals surface area contributed by atoms with Crippen LogP contribution in [0.1, 0.15) is 28.8 Å². The van der Waals surface area contributed by atoms with Crippen molar-refractivity contribution in [2.24, 2.45) is 0 Å². The van der Waals surface area contributed by atoms with E-state index in [9.17, 15) is 9.90 Å². The van der Waals surface area contributed by atoms with Gasteiger partial charge in [0.15, 0.2) is 17.3 Å². The summed E-state index contributed by atoms with van der Waals surface area (Å²) in [7, 11) is 0. The number of carbonyl (C=O) groups is 1. The molecule has 5 nitrogen and oxygen atoms in total. The number of rotatable bonds is 3. The lowest BCUT2D eigenvalue weighted by atomic mass is 10.0. The summed E-state index contributed by atoms with van der Waals surface area (Å²) in [4.78, 5) is 16.8. The summed E-state index contributed by atoms with van der Waals surface area (Å²) in [5, 5.41) is 10.8. The third-order valence-corrected chi connectivity index (χ3v) is 6.15. The van der Waals surface area contributed by atoms with Crippen LogP contribution in [0, 0.1) is 0 Å². The van der Waals surface area contributed by atoms with Crippen LogP contribution in [0.2, 0.25) is 10.0 Å². The quantitative estimate of drug-likeness (QED) is 0.748. The molecule has 1 saturated heterocycles. The van der Waals surface area contributed by atoms with E-state index in [-0.39, 0.29) is 23.7 Å². The average molecular weight is 412 g/mol.